The second-order valence-corrected chi connectivity index (χ2v) is 8.20. The lowest BCUT2D eigenvalue weighted by atomic mass is 9.95. The topological polar surface area (TPSA) is 77.1 Å². The Kier molecular flexibility index (Phi) is 5.19. The molecule has 0 saturated carbocycles. The fraction of sp³-hybridized carbons (Fsp3) is 0.304. The number of anilines is 1. The Bertz CT molecular complexity index is 1080. The van der Waals surface area contributed by atoms with Crippen molar-refractivity contribution in [3.05, 3.63) is 52.6 Å². The van der Waals surface area contributed by atoms with Crippen molar-refractivity contribution in [2.75, 3.05) is 31.8 Å². The number of hydrogen-bond acceptors (Lipinski definition) is 5. The smallest absolute Gasteiger partial charge is 0.253 e. The predicted octanol–water partition coefficient (Wildman–Crippen LogP) is 3.72. The molecule has 0 aliphatic carbocycles. The van der Waals surface area contributed by atoms with Crippen LogP contribution in [0.5, 0.6) is 17.2 Å². The number of hydrogen-bond donors (Lipinski definition) is 1. The molecular weight excluding hydrogens is 420 g/mol. The van der Waals surface area contributed by atoms with E-state index in [0.717, 1.165) is 11.3 Å². The Hall–Kier alpha value is -3.19. The van der Waals surface area contributed by atoms with E-state index in [-0.39, 0.29) is 31.1 Å². The van der Waals surface area contributed by atoms with Crippen molar-refractivity contribution < 1.29 is 23.8 Å². The molecule has 2 aromatic rings. The molecule has 0 atom stereocenters. The van der Waals surface area contributed by atoms with Gasteiger partial charge in [0.25, 0.3) is 5.91 Å². The zero-order valence-corrected chi connectivity index (χ0v) is 17.5. The molecule has 0 unspecified atom stereocenters. The maximum Gasteiger partial charge on any atom is 0.253 e. The Morgan fingerprint density at radius 2 is 1.74 bits per heavy atom. The summed E-state index contributed by atoms with van der Waals surface area (Å²) in [6.07, 6.45) is 3.06. The normalized spacial score (nSPS) is 17.5. The van der Waals surface area contributed by atoms with Crippen LogP contribution >= 0.6 is 11.6 Å². The van der Waals surface area contributed by atoms with Crippen LogP contribution in [0.3, 0.4) is 0 Å². The molecule has 3 aliphatic heterocycles. The number of likely N-dealkylation sites (tertiary alicyclic amines) is 1. The molecule has 1 saturated heterocycles. The van der Waals surface area contributed by atoms with Gasteiger partial charge < -0.3 is 24.4 Å². The number of fused-ring (bicyclic) bond motifs is 2. The van der Waals surface area contributed by atoms with Crippen LogP contribution in [-0.2, 0) is 9.59 Å². The number of rotatable bonds is 3. The van der Waals surface area contributed by atoms with Gasteiger partial charge in [0.05, 0.1) is 5.57 Å². The van der Waals surface area contributed by atoms with Crippen LogP contribution in [0.15, 0.2) is 42.0 Å². The van der Waals surface area contributed by atoms with Gasteiger partial charge in [-0.1, -0.05) is 11.6 Å². The van der Waals surface area contributed by atoms with Gasteiger partial charge in [-0.25, -0.2) is 0 Å². The Labute approximate surface area is 184 Å². The summed E-state index contributed by atoms with van der Waals surface area (Å²) >= 11 is 6.05. The standard InChI is InChI=1S/C23H21ClN2O5/c24-17-1-3-19-15(10-17)9-16(12-29-19)23(28)26-7-5-14(6-8-26)22(27)25-18-2-4-20-21(11-18)31-13-30-20/h1-4,9-11,14H,5-8,12-13H2,(H,25,27). The molecular formula is C23H21ClN2O5. The molecule has 3 heterocycles. The minimum absolute atomic E-state index is 0.0465. The highest BCUT2D eigenvalue weighted by atomic mass is 35.5. The van der Waals surface area contributed by atoms with Crippen molar-refractivity contribution in [1.29, 1.82) is 0 Å². The lowest BCUT2D eigenvalue weighted by Crippen LogP contribution is -2.42. The third kappa shape index (κ3) is 4.05. The van der Waals surface area contributed by atoms with Gasteiger partial charge in [0.1, 0.15) is 12.4 Å². The molecule has 0 bridgehead atoms. The lowest BCUT2D eigenvalue weighted by Gasteiger charge is -2.32. The second kappa shape index (κ2) is 8.15. The molecule has 1 fully saturated rings. The number of carbonyl (C=O) groups is 2. The Balaban J connectivity index is 1.18. The predicted molar refractivity (Wildman–Crippen MR) is 115 cm³/mol. The lowest BCUT2D eigenvalue weighted by molar-refractivity contribution is -0.131. The molecule has 8 heteroatoms. The average Bonchev–Trinajstić information content (AvgIpc) is 3.26. The Morgan fingerprint density at radius 1 is 0.968 bits per heavy atom. The van der Waals surface area contributed by atoms with Crippen LogP contribution in [-0.4, -0.2) is 43.2 Å². The summed E-state index contributed by atoms with van der Waals surface area (Å²) in [7, 11) is 0. The van der Waals surface area contributed by atoms with Gasteiger partial charge in [0, 0.05) is 41.3 Å². The zero-order chi connectivity index (χ0) is 21.4. The molecule has 2 amide bonds. The van der Waals surface area contributed by atoms with E-state index >= 15 is 0 Å². The quantitative estimate of drug-likeness (QED) is 0.787. The number of nitrogens with one attached hydrogen (secondary N) is 1. The number of halogens is 1. The molecule has 31 heavy (non-hydrogen) atoms. The van der Waals surface area contributed by atoms with Crippen molar-refractivity contribution >= 4 is 35.2 Å². The highest BCUT2D eigenvalue weighted by Crippen LogP contribution is 2.35. The third-order valence-electron chi connectivity index (χ3n) is 5.75. The van der Waals surface area contributed by atoms with Crippen LogP contribution in [0.2, 0.25) is 5.02 Å². The van der Waals surface area contributed by atoms with E-state index in [1.54, 1.807) is 41.3 Å². The van der Waals surface area contributed by atoms with Gasteiger partial charge in [-0.2, -0.15) is 0 Å². The number of nitrogens with zero attached hydrogens (tertiary/aromatic N) is 1. The number of ether oxygens (including phenoxy) is 3. The molecule has 160 valence electrons. The maximum atomic E-state index is 12.9. The maximum absolute atomic E-state index is 12.9. The van der Waals surface area contributed by atoms with E-state index in [1.165, 1.54) is 0 Å². The van der Waals surface area contributed by atoms with Crippen LogP contribution in [0.25, 0.3) is 6.08 Å². The first kappa shape index (κ1) is 19.8. The van der Waals surface area contributed by atoms with Crippen LogP contribution in [0.1, 0.15) is 18.4 Å². The summed E-state index contributed by atoms with van der Waals surface area (Å²) < 4.78 is 16.3. The van der Waals surface area contributed by atoms with Crippen molar-refractivity contribution in [3.63, 3.8) is 0 Å². The number of piperidine rings is 1. The molecule has 2 aromatic carbocycles. The van der Waals surface area contributed by atoms with Crippen molar-refractivity contribution in [3.8, 4) is 17.2 Å². The third-order valence-corrected chi connectivity index (χ3v) is 5.99. The molecule has 3 aliphatic rings. The fourth-order valence-electron chi connectivity index (χ4n) is 4.04. The van der Waals surface area contributed by atoms with E-state index in [9.17, 15) is 9.59 Å². The van der Waals surface area contributed by atoms with Gasteiger partial charge in [0.2, 0.25) is 12.7 Å². The van der Waals surface area contributed by atoms with E-state index in [1.807, 2.05) is 6.08 Å². The molecule has 1 N–H and O–H groups in total. The van der Waals surface area contributed by atoms with Gasteiger partial charge in [-0.15, -0.1) is 0 Å². The largest absolute Gasteiger partial charge is 0.488 e. The van der Waals surface area contributed by atoms with E-state index in [4.69, 9.17) is 25.8 Å². The van der Waals surface area contributed by atoms with Gasteiger partial charge >= 0.3 is 0 Å². The first-order valence-electron chi connectivity index (χ1n) is 10.2. The fourth-order valence-corrected chi connectivity index (χ4v) is 4.22. The SMILES string of the molecule is O=C(Nc1ccc2c(c1)OCO2)C1CCN(C(=O)C2=Cc3cc(Cl)ccc3OC2)CC1. The van der Waals surface area contributed by atoms with Crippen molar-refractivity contribution in [1.82, 2.24) is 4.90 Å². The molecule has 0 aromatic heterocycles. The van der Waals surface area contributed by atoms with Crippen LogP contribution in [0.4, 0.5) is 5.69 Å². The molecule has 5 rings (SSSR count). The minimum atomic E-state index is -0.148. The first-order valence-corrected chi connectivity index (χ1v) is 10.6. The first-order chi connectivity index (χ1) is 15.1. The van der Waals surface area contributed by atoms with Gasteiger partial charge in [-0.05, 0) is 49.2 Å². The Morgan fingerprint density at radius 3 is 2.58 bits per heavy atom. The highest BCUT2D eigenvalue weighted by Gasteiger charge is 2.30. The van der Waals surface area contributed by atoms with Crippen LogP contribution < -0.4 is 19.5 Å². The van der Waals surface area contributed by atoms with Crippen molar-refractivity contribution in [2.45, 2.75) is 12.8 Å². The average molecular weight is 441 g/mol. The summed E-state index contributed by atoms with van der Waals surface area (Å²) in [5.41, 5.74) is 2.08. The molecule has 0 spiro atoms. The van der Waals surface area contributed by atoms with E-state index in [0.29, 0.717) is 53.7 Å². The van der Waals surface area contributed by atoms with Gasteiger partial charge in [-0.3, -0.25) is 9.59 Å². The van der Waals surface area contributed by atoms with Crippen molar-refractivity contribution in [2.24, 2.45) is 5.92 Å². The molecule has 0 radical (unpaired) electrons. The van der Waals surface area contributed by atoms with E-state index in [2.05, 4.69) is 5.32 Å². The number of amides is 2. The monoisotopic (exact) mass is 440 g/mol. The van der Waals surface area contributed by atoms with Crippen LogP contribution in [0, 0.1) is 5.92 Å². The summed E-state index contributed by atoms with van der Waals surface area (Å²) in [4.78, 5) is 27.4. The molecule has 7 nitrogen and oxygen atoms in total. The summed E-state index contributed by atoms with van der Waals surface area (Å²) in [5, 5.41) is 3.54. The summed E-state index contributed by atoms with van der Waals surface area (Å²) in [6, 6.07) is 10.7. The minimum Gasteiger partial charge on any atom is -0.488 e. The highest BCUT2D eigenvalue weighted by molar-refractivity contribution is 6.30. The van der Waals surface area contributed by atoms with E-state index < -0.39 is 0 Å². The number of carbonyl (C=O) groups excluding carboxylic acids is 2. The zero-order valence-electron chi connectivity index (χ0n) is 16.7. The summed E-state index contributed by atoms with van der Waals surface area (Å²) in [5.74, 6) is 1.78. The second-order valence-electron chi connectivity index (χ2n) is 7.76. The number of benzene rings is 2. The summed E-state index contributed by atoms with van der Waals surface area (Å²) in [6.45, 7) is 1.48. The van der Waals surface area contributed by atoms with Gasteiger partial charge in [0.15, 0.2) is 11.5 Å².